The van der Waals surface area contributed by atoms with Gasteiger partial charge >= 0.3 is 5.97 Å². The molecule has 0 saturated heterocycles. The van der Waals surface area contributed by atoms with Gasteiger partial charge in [0.1, 0.15) is 10.6 Å². The summed E-state index contributed by atoms with van der Waals surface area (Å²) in [6, 6.07) is 21.6. The van der Waals surface area contributed by atoms with Gasteiger partial charge in [0.2, 0.25) is 0 Å². The standard InChI is InChI=1S/C23H16BrNO3S2/c1-28-23(27)20-17(13-29-22(20)25-21(26)18-11-12-19(24)30-18)16-9-7-15(8-10-16)14-5-3-2-4-6-14/h2-13H,1H3,(H,25,26). The zero-order chi connectivity index (χ0) is 21.1. The Morgan fingerprint density at radius 3 is 2.20 bits per heavy atom. The van der Waals surface area contributed by atoms with E-state index >= 15 is 0 Å². The second-order valence-electron chi connectivity index (χ2n) is 6.35. The molecule has 7 heteroatoms. The lowest BCUT2D eigenvalue weighted by Gasteiger charge is -2.08. The molecule has 4 rings (SSSR count). The Kier molecular flexibility index (Phi) is 6.13. The molecule has 0 aliphatic carbocycles. The molecule has 150 valence electrons. The highest BCUT2D eigenvalue weighted by Crippen LogP contribution is 2.37. The normalized spacial score (nSPS) is 10.6. The van der Waals surface area contributed by atoms with Crippen LogP contribution in [0.15, 0.2) is 75.9 Å². The molecule has 2 heterocycles. The van der Waals surface area contributed by atoms with Crippen LogP contribution in [0.5, 0.6) is 0 Å². The van der Waals surface area contributed by atoms with Gasteiger partial charge in [-0.25, -0.2) is 4.79 Å². The van der Waals surface area contributed by atoms with E-state index in [4.69, 9.17) is 4.74 Å². The second-order valence-corrected chi connectivity index (χ2v) is 9.69. The minimum absolute atomic E-state index is 0.260. The topological polar surface area (TPSA) is 55.4 Å². The molecule has 0 aliphatic heterocycles. The third-order valence-electron chi connectivity index (χ3n) is 4.51. The first kappa shape index (κ1) is 20.5. The van der Waals surface area contributed by atoms with Gasteiger partial charge in [0.15, 0.2) is 0 Å². The number of anilines is 1. The predicted octanol–water partition coefficient (Wildman–Crippen LogP) is 6.95. The fourth-order valence-corrected chi connectivity index (χ4v) is 5.27. The van der Waals surface area contributed by atoms with Crippen LogP contribution in [0.25, 0.3) is 22.3 Å². The smallest absolute Gasteiger partial charge is 0.341 e. The Hall–Kier alpha value is -2.74. The van der Waals surface area contributed by atoms with Crippen molar-refractivity contribution in [3.05, 3.63) is 86.3 Å². The van der Waals surface area contributed by atoms with E-state index in [2.05, 4.69) is 33.4 Å². The largest absolute Gasteiger partial charge is 0.465 e. The lowest BCUT2D eigenvalue weighted by molar-refractivity contribution is 0.0603. The summed E-state index contributed by atoms with van der Waals surface area (Å²) in [7, 11) is 1.34. The fourth-order valence-electron chi connectivity index (χ4n) is 3.04. The summed E-state index contributed by atoms with van der Waals surface area (Å²) in [5.41, 5.74) is 4.18. The minimum Gasteiger partial charge on any atom is -0.465 e. The van der Waals surface area contributed by atoms with E-state index in [0.717, 1.165) is 26.0 Å². The van der Waals surface area contributed by atoms with Crippen LogP contribution < -0.4 is 5.32 Å². The molecule has 0 radical (unpaired) electrons. The van der Waals surface area contributed by atoms with Crippen molar-refractivity contribution in [1.29, 1.82) is 0 Å². The highest BCUT2D eigenvalue weighted by Gasteiger charge is 2.23. The van der Waals surface area contributed by atoms with Gasteiger partial charge in [0, 0.05) is 10.9 Å². The Morgan fingerprint density at radius 1 is 0.900 bits per heavy atom. The molecule has 2 aromatic heterocycles. The predicted molar refractivity (Wildman–Crippen MR) is 127 cm³/mol. The van der Waals surface area contributed by atoms with E-state index < -0.39 is 5.97 Å². The number of hydrogen-bond donors (Lipinski definition) is 1. The first-order valence-corrected chi connectivity index (χ1v) is 11.5. The molecule has 30 heavy (non-hydrogen) atoms. The molecular formula is C23H16BrNO3S2. The number of hydrogen-bond acceptors (Lipinski definition) is 5. The van der Waals surface area contributed by atoms with Crippen LogP contribution in [0.2, 0.25) is 0 Å². The first-order valence-electron chi connectivity index (χ1n) is 8.99. The quantitative estimate of drug-likeness (QED) is 0.303. The van der Waals surface area contributed by atoms with Gasteiger partial charge in [0.25, 0.3) is 5.91 Å². The number of nitrogens with one attached hydrogen (secondary N) is 1. The van der Waals surface area contributed by atoms with Crippen molar-refractivity contribution in [2.24, 2.45) is 0 Å². The van der Waals surface area contributed by atoms with Gasteiger partial charge in [-0.05, 0) is 44.8 Å². The number of methoxy groups -OCH3 is 1. The molecule has 0 fully saturated rings. The number of halogens is 1. The number of rotatable bonds is 5. The number of carbonyl (C=O) groups excluding carboxylic acids is 2. The van der Waals surface area contributed by atoms with Crippen molar-refractivity contribution in [1.82, 2.24) is 0 Å². The maximum absolute atomic E-state index is 12.6. The van der Waals surface area contributed by atoms with Crippen molar-refractivity contribution < 1.29 is 14.3 Å². The number of benzene rings is 2. The lowest BCUT2D eigenvalue weighted by Crippen LogP contribution is -2.13. The molecule has 4 nitrogen and oxygen atoms in total. The van der Waals surface area contributed by atoms with Crippen LogP contribution >= 0.6 is 38.6 Å². The maximum Gasteiger partial charge on any atom is 0.341 e. The molecule has 0 bridgehead atoms. The molecule has 1 amide bonds. The van der Waals surface area contributed by atoms with Crippen molar-refractivity contribution in [2.45, 2.75) is 0 Å². The number of esters is 1. The van der Waals surface area contributed by atoms with Crippen molar-refractivity contribution in [2.75, 3.05) is 12.4 Å². The molecule has 0 unspecified atom stereocenters. The van der Waals surface area contributed by atoms with Gasteiger partial charge in [-0.2, -0.15) is 0 Å². The van der Waals surface area contributed by atoms with Gasteiger partial charge in [0.05, 0.1) is 15.8 Å². The van der Waals surface area contributed by atoms with Crippen LogP contribution in [-0.4, -0.2) is 19.0 Å². The summed E-state index contributed by atoms with van der Waals surface area (Å²) in [5, 5.41) is 5.19. The highest BCUT2D eigenvalue weighted by atomic mass is 79.9. The average Bonchev–Trinajstić information content (AvgIpc) is 3.40. The van der Waals surface area contributed by atoms with Crippen LogP contribution in [0.1, 0.15) is 20.0 Å². The summed E-state index contributed by atoms with van der Waals surface area (Å²) in [6.45, 7) is 0. The van der Waals surface area contributed by atoms with Crippen LogP contribution in [-0.2, 0) is 4.74 Å². The van der Waals surface area contributed by atoms with Gasteiger partial charge in [-0.3, -0.25) is 4.79 Å². The number of ether oxygens (including phenoxy) is 1. The van der Waals surface area contributed by atoms with E-state index in [-0.39, 0.29) is 5.91 Å². The minimum atomic E-state index is -0.485. The van der Waals surface area contributed by atoms with Crippen molar-refractivity contribution >= 4 is 55.5 Å². The Bertz CT molecular complexity index is 1200. The van der Waals surface area contributed by atoms with Gasteiger partial charge in [-0.15, -0.1) is 22.7 Å². The molecule has 1 N–H and O–H groups in total. The number of amides is 1. The SMILES string of the molecule is COC(=O)c1c(-c2ccc(-c3ccccc3)cc2)csc1NC(=O)c1ccc(Br)s1. The third-order valence-corrected chi connectivity index (χ3v) is 7.03. The third kappa shape index (κ3) is 4.23. The highest BCUT2D eigenvalue weighted by molar-refractivity contribution is 9.11. The molecule has 0 aliphatic rings. The molecule has 0 spiro atoms. The molecule has 0 atom stereocenters. The zero-order valence-corrected chi connectivity index (χ0v) is 19.1. The Morgan fingerprint density at radius 2 is 1.57 bits per heavy atom. The Balaban J connectivity index is 1.67. The van der Waals surface area contributed by atoms with Gasteiger partial charge in [-0.1, -0.05) is 54.6 Å². The fraction of sp³-hybridized carbons (Fsp3) is 0.0435. The summed E-state index contributed by atoms with van der Waals surface area (Å²) >= 11 is 6.00. The lowest BCUT2D eigenvalue weighted by atomic mass is 9.99. The molecule has 2 aromatic carbocycles. The van der Waals surface area contributed by atoms with E-state index in [0.29, 0.717) is 15.4 Å². The summed E-state index contributed by atoms with van der Waals surface area (Å²) in [5.74, 6) is -0.746. The van der Waals surface area contributed by atoms with Crippen LogP contribution in [0.3, 0.4) is 0 Å². The van der Waals surface area contributed by atoms with E-state index in [1.165, 1.54) is 29.8 Å². The molecular weight excluding hydrogens is 482 g/mol. The first-order chi connectivity index (χ1) is 14.6. The summed E-state index contributed by atoms with van der Waals surface area (Å²) in [4.78, 5) is 25.7. The second kappa shape index (κ2) is 8.95. The number of thiophene rings is 2. The van der Waals surface area contributed by atoms with E-state index in [1.807, 2.05) is 53.9 Å². The van der Waals surface area contributed by atoms with Crippen molar-refractivity contribution in [3.8, 4) is 22.3 Å². The van der Waals surface area contributed by atoms with Crippen molar-refractivity contribution in [3.63, 3.8) is 0 Å². The van der Waals surface area contributed by atoms with Gasteiger partial charge < -0.3 is 10.1 Å². The van der Waals surface area contributed by atoms with E-state index in [9.17, 15) is 9.59 Å². The summed E-state index contributed by atoms with van der Waals surface area (Å²) < 4.78 is 5.86. The van der Waals surface area contributed by atoms with Crippen LogP contribution in [0.4, 0.5) is 5.00 Å². The Labute approximate surface area is 190 Å². The average molecular weight is 498 g/mol. The van der Waals surface area contributed by atoms with Crippen LogP contribution in [0, 0.1) is 0 Å². The molecule has 4 aromatic rings. The molecule has 0 saturated carbocycles. The number of carbonyl (C=O) groups is 2. The zero-order valence-electron chi connectivity index (χ0n) is 15.8. The monoisotopic (exact) mass is 497 g/mol. The maximum atomic E-state index is 12.6. The van der Waals surface area contributed by atoms with E-state index in [1.54, 1.807) is 6.07 Å². The summed E-state index contributed by atoms with van der Waals surface area (Å²) in [6.07, 6.45) is 0.